The van der Waals surface area contributed by atoms with Crippen LogP contribution in [0.25, 0.3) is 11.3 Å². The normalized spacial score (nSPS) is 11.4. The van der Waals surface area contributed by atoms with Crippen molar-refractivity contribution in [3.8, 4) is 0 Å². The first-order valence-corrected chi connectivity index (χ1v) is 22.4. The van der Waals surface area contributed by atoms with Crippen LogP contribution < -0.4 is 10.2 Å². The smallest absolute Gasteiger partial charge is 0.357 e. The van der Waals surface area contributed by atoms with Crippen LogP contribution in [0.4, 0.5) is 21.6 Å². The summed E-state index contributed by atoms with van der Waals surface area (Å²) in [5.41, 5.74) is 3.69. The van der Waals surface area contributed by atoms with Gasteiger partial charge in [0.05, 0.1) is 38.0 Å². The molecule has 264 valence electrons. The van der Waals surface area contributed by atoms with Gasteiger partial charge in [0.25, 0.3) is 0 Å². The number of aromatic nitrogens is 8. The highest BCUT2D eigenvalue weighted by Gasteiger charge is 2.23. The second-order valence-electron chi connectivity index (χ2n) is 12.0. The van der Waals surface area contributed by atoms with Gasteiger partial charge in [-0.15, -0.1) is 0 Å². The van der Waals surface area contributed by atoms with E-state index in [0.29, 0.717) is 30.0 Å². The van der Waals surface area contributed by atoms with Crippen molar-refractivity contribution in [2.75, 3.05) is 37.8 Å². The molecular weight excluding hydrogens is 926 g/mol. The molecule has 0 fully saturated rings. The van der Waals surface area contributed by atoms with Gasteiger partial charge in [-0.3, -0.25) is 13.7 Å². The highest BCUT2D eigenvalue weighted by atomic mass is 127. The molecule has 6 rings (SSSR count). The van der Waals surface area contributed by atoms with Crippen molar-refractivity contribution in [3.63, 3.8) is 0 Å². The fourth-order valence-electron chi connectivity index (χ4n) is 4.41. The molecule has 20 heteroatoms. The minimum Gasteiger partial charge on any atom is -0.464 e. The van der Waals surface area contributed by atoms with E-state index in [1.807, 2.05) is 39.9 Å². The number of anilines is 4. The molecule has 50 heavy (non-hydrogen) atoms. The Kier molecular flexibility index (Phi) is 12.4. The summed E-state index contributed by atoms with van der Waals surface area (Å²) in [4.78, 5) is 43.2. The fourth-order valence-corrected chi connectivity index (χ4v) is 7.54. The number of carbonyl (C=O) groups is 2. The Morgan fingerprint density at radius 3 is 2.10 bits per heavy atom. The largest absolute Gasteiger partial charge is 0.464 e. The molecule has 15 nitrogen and oxygen atoms in total. The quantitative estimate of drug-likeness (QED) is 0.0467. The first-order chi connectivity index (χ1) is 23.8. The number of nitrogens with zero attached hydrogens (tertiary/aromatic N) is 9. The zero-order valence-corrected chi connectivity index (χ0v) is 35.2. The molecule has 6 heterocycles. The number of imidazole rings is 2. The standard InChI is InChI=1S/C18H24IN5O3SSi.C12H10IN5O2S/c1-12-10-23-14(19)9-20-16(23)17(21-12)24(11-27-6-7-29(3,4)5)15-8-13(22-28-15)18(25)26-2;1-6-5-18-8(13)4-14-11(18)10(15-6)16-9-3-7(17-21-9)12(19)20-2/h8-10H,6-7,11H2,1-5H3;3-5H,1-2H3,(H,15,16). The van der Waals surface area contributed by atoms with E-state index in [4.69, 9.17) is 14.5 Å². The molecule has 0 aliphatic carbocycles. The summed E-state index contributed by atoms with van der Waals surface area (Å²) >= 11 is 6.83. The van der Waals surface area contributed by atoms with E-state index in [9.17, 15) is 9.59 Å². The van der Waals surface area contributed by atoms with Gasteiger partial charge in [-0.2, -0.15) is 8.75 Å². The lowest BCUT2D eigenvalue weighted by Crippen LogP contribution is -2.26. The maximum atomic E-state index is 11.9. The highest BCUT2D eigenvalue weighted by molar-refractivity contribution is 14.1. The average molecular weight is 961 g/mol. The lowest BCUT2D eigenvalue weighted by atomic mass is 10.4. The maximum absolute atomic E-state index is 11.9. The molecule has 6 aromatic rings. The van der Waals surface area contributed by atoms with E-state index < -0.39 is 20.0 Å². The van der Waals surface area contributed by atoms with Crippen molar-refractivity contribution in [1.29, 1.82) is 0 Å². The van der Waals surface area contributed by atoms with Crippen molar-refractivity contribution in [2.24, 2.45) is 0 Å². The predicted octanol–water partition coefficient (Wildman–Crippen LogP) is 6.96. The van der Waals surface area contributed by atoms with Crippen LogP contribution in [0.5, 0.6) is 0 Å². The third-order valence-corrected chi connectivity index (χ3v) is 11.7. The van der Waals surface area contributed by atoms with E-state index in [0.717, 1.165) is 41.1 Å². The Morgan fingerprint density at radius 2 is 1.46 bits per heavy atom. The minimum absolute atomic E-state index is 0.265. The summed E-state index contributed by atoms with van der Waals surface area (Å²) in [7, 11) is 1.47. The molecule has 0 aromatic carbocycles. The van der Waals surface area contributed by atoms with Gasteiger partial charge in [-0.05, 0) is 88.1 Å². The van der Waals surface area contributed by atoms with Gasteiger partial charge >= 0.3 is 11.9 Å². The van der Waals surface area contributed by atoms with Crippen LogP contribution in [-0.2, 0) is 14.2 Å². The Labute approximate surface area is 324 Å². The molecule has 0 atom stereocenters. The molecule has 6 aromatic heterocycles. The fraction of sp³-hybridized carbons (Fsp3) is 0.333. The molecule has 0 radical (unpaired) electrons. The average Bonchev–Trinajstić information content (AvgIpc) is 3.89. The Hall–Kier alpha value is -3.32. The number of methoxy groups -OCH3 is 2. The van der Waals surface area contributed by atoms with Gasteiger partial charge in [0.2, 0.25) is 0 Å². The summed E-state index contributed by atoms with van der Waals surface area (Å²) in [6.07, 6.45) is 7.44. The topological polar surface area (TPSA) is 163 Å². The van der Waals surface area contributed by atoms with Gasteiger partial charge < -0.3 is 19.5 Å². The van der Waals surface area contributed by atoms with Crippen LogP contribution in [0.3, 0.4) is 0 Å². The molecule has 0 unspecified atom stereocenters. The van der Waals surface area contributed by atoms with E-state index in [1.54, 1.807) is 24.5 Å². The monoisotopic (exact) mass is 960 g/mol. The molecule has 0 saturated heterocycles. The van der Waals surface area contributed by atoms with Gasteiger partial charge in [-0.25, -0.2) is 29.5 Å². The SMILES string of the molecule is COC(=O)c1cc(N(COCC[Si](C)(C)C)c2nc(C)cn3c(I)cnc23)sn1.COC(=O)c1cc(Nc2nc(C)cn3c(I)cnc23)sn1. The maximum Gasteiger partial charge on any atom is 0.357 e. The summed E-state index contributed by atoms with van der Waals surface area (Å²) in [6, 6.07) is 4.40. The van der Waals surface area contributed by atoms with E-state index in [-0.39, 0.29) is 11.4 Å². The molecule has 1 N–H and O–H groups in total. The lowest BCUT2D eigenvalue weighted by molar-refractivity contribution is 0.0587. The van der Waals surface area contributed by atoms with Crippen LogP contribution in [0.15, 0.2) is 36.9 Å². The molecule has 0 aliphatic heterocycles. The minimum atomic E-state index is -1.20. The van der Waals surface area contributed by atoms with E-state index >= 15 is 0 Å². The second-order valence-corrected chi connectivity index (χ2v) is 21.4. The van der Waals surface area contributed by atoms with E-state index in [1.165, 1.54) is 37.3 Å². The Balaban J connectivity index is 0.000000204. The van der Waals surface area contributed by atoms with Crippen molar-refractivity contribution < 1.29 is 23.8 Å². The van der Waals surface area contributed by atoms with Crippen LogP contribution in [0, 0.1) is 21.2 Å². The number of carbonyl (C=O) groups excluding carboxylic acids is 2. The number of nitrogens with one attached hydrogen (secondary N) is 1. The summed E-state index contributed by atoms with van der Waals surface area (Å²) in [6.45, 7) is 11.8. The van der Waals surface area contributed by atoms with Gasteiger partial charge in [0.1, 0.15) is 24.1 Å². The third-order valence-electron chi connectivity index (χ3n) is 6.89. The number of aryl methyl sites for hydroxylation is 2. The summed E-state index contributed by atoms with van der Waals surface area (Å²) < 4.78 is 29.6. The zero-order chi connectivity index (χ0) is 36.2. The van der Waals surface area contributed by atoms with Crippen molar-refractivity contribution >= 4 is 121 Å². The number of fused-ring (bicyclic) bond motifs is 2. The number of esters is 2. The van der Waals surface area contributed by atoms with Gasteiger partial charge in [-0.1, -0.05) is 19.6 Å². The molecular formula is C30H34I2N10O5S2Si. The lowest BCUT2D eigenvalue weighted by Gasteiger charge is -2.23. The Bertz CT molecular complexity index is 2150. The molecule has 0 bridgehead atoms. The predicted molar refractivity (Wildman–Crippen MR) is 212 cm³/mol. The highest BCUT2D eigenvalue weighted by Crippen LogP contribution is 2.32. The van der Waals surface area contributed by atoms with Crippen molar-refractivity contribution in [3.05, 3.63) is 67.1 Å². The van der Waals surface area contributed by atoms with E-state index in [2.05, 4.69) is 98.6 Å². The molecule has 0 spiro atoms. The first-order valence-electron chi connectivity index (χ1n) is 15.0. The first kappa shape index (κ1) is 37.9. The second kappa shape index (κ2) is 16.3. The Morgan fingerprint density at radius 1 is 0.880 bits per heavy atom. The third kappa shape index (κ3) is 9.12. The molecule has 0 aliphatic rings. The van der Waals surface area contributed by atoms with Gasteiger partial charge in [0.15, 0.2) is 34.3 Å². The summed E-state index contributed by atoms with van der Waals surface area (Å²) in [5, 5.41) is 4.60. The molecule has 0 saturated carbocycles. The number of hydrogen-bond acceptors (Lipinski definition) is 15. The van der Waals surface area contributed by atoms with Crippen molar-refractivity contribution in [2.45, 2.75) is 39.5 Å². The van der Waals surface area contributed by atoms with Crippen molar-refractivity contribution in [1.82, 2.24) is 37.5 Å². The van der Waals surface area contributed by atoms with Crippen LogP contribution in [0.2, 0.25) is 25.7 Å². The van der Waals surface area contributed by atoms with Crippen LogP contribution in [0.1, 0.15) is 32.4 Å². The van der Waals surface area contributed by atoms with Gasteiger partial charge in [0, 0.05) is 39.2 Å². The summed E-state index contributed by atoms with van der Waals surface area (Å²) in [5.74, 6) is 0.362. The zero-order valence-electron chi connectivity index (χ0n) is 28.2. The molecule has 0 amide bonds. The van der Waals surface area contributed by atoms with Crippen LogP contribution >= 0.6 is 68.2 Å². The number of hydrogen-bond donors (Lipinski definition) is 1. The number of halogens is 2. The number of rotatable bonds is 11. The van der Waals surface area contributed by atoms with Crippen LogP contribution in [-0.4, -0.2) is 85.1 Å². The number of ether oxygens (including phenoxy) is 3.